The lowest BCUT2D eigenvalue weighted by Crippen LogP contribution is -2.39. The van der Waals surface area contributed by atoms with E-state index in [1.54, 1.807) is 42.5 Å². The van der Waals surface area contributed by atoms with Crippen LogP contribution in [0.4, 0.5) is 5.69 Å². The largest absolute Gasteiger partial charge is 0.493 e. The van der Waals surface area contributed by atoms with Crippen molar-refractivity contribution < 1.29 is 22.7 Å². The molecule has 38 heavy (non-hydrogen) atoms. The molecule has 1 fully saturated rings. The summed E-state index contributed by atoms with van der Waals surface area (Å²) in [5.41, 5.74) is 4.83. The van der Waals surface area contributed by atoms with Gasteiger partial charge < -0.3 is 9.47 Å². The average molecular weight is 544 g/mol. The van der Waals surface area contributed by atoms with Crippen molar-refractivity contribution in [1.29, 1.82) is 0 Å². The second-order valence-corrected chi connectivity index (χ2v) is 11.6. The Hall–Kier alpha value is -3.07. The zero-order valence-electron chi connectivity index (χ0n) is 22.9. The fourth-order valence-corrected chi connectivity index (χ4v) is 5.98. The summed E-state index contributed by atoms with van der Waals surface area (Å²) in [5, 5.41) is 4.44. The molecular formula is C29H41N3O5S. The molecule has 8 nitrogen and oxygen atoms in total. The van der Waals surface area contributed by atoms with Crippen LogP contribution in [0.15, 0.2) is 52.5 Å². The van der Waals surface area contributed by atoms with E-state index < -0.39 is 22.5 Å². The summed E-state index contributed by atoms with van der Waals surface area (Å²) in [6.07, 6.45) is 12.5. The number of anilines is 1. The van der Waals surface area contributed by atoms with Crippen LogP contribution in [0.25, 0.3) is 0 Å². The van der Waals surface area contributed by atoms with E-state index in [1.807, 2.05) is 6.92 Å². The third-order valence-corrected chi connectivity index (χ3v) is 8.61. The highest BCUT2D eigenvalue weighted by molar-refractivity contribution is 7.92. The van der Waals surface area contributed by atoms with Crippen LogP contribution in [-0.2, 0) is 14.8 Å². The van der Waals surface area contributed by atoms with Gasteiger partial charge in [-0.1, -0.05) is 62.6 Å². The molecule has 208 valence electrons. The minimum absolute atomic E-state index is 0.0938. The summed E-state index contributed by atoms with van der Waals surface area (Å²) >= 11 is 0. The van der Waals surface area contributed by atoms with Crippen LogP contribution in [0.1, 0.15) is 76.2 Å². The summed E-state index contributed by atoms with van der Waals surface area (Å²) in [7, 11) is -1.07. The molecule has 0 spiro atoms. The molecular weight excluding hydrogens is 502 g/mol. The van der Waals surface area contributed by atoms with Gasteiger partial charge in [0, 0.05) is 11.8 Å². The Morgan fingerprint density at radius 1 is 0.842 bits per heavy atom. The highest BCUT2D eigenvalue weighted by Crippen LogP contribution is 2.33. The molecule has 1 amide bonds. The fraction of sp³-hybridized carbons (Fsp3) is 0.517. The molecule has 0 radical (unpaired) electrons. The van der Waals surface area contributed by atoms with Crippen LogP contribution in [0, 0.1) is 6.92 Å². The standard InChI is InChI=1S/C29H41N3O5S/c1-23-15-18-26(19-16-23)38(34,35)32(25-17-20-27(36-2)28(21-25)37-3)22-29(33)31-30-24-13-11-9-7-5-4-6-8-10-12-14-24/h15-21H,4-14,22H2,1-3H3,(H,31,33). The summed E-state index contributed by atoms with van der Waals surface area (Å²) in [6.45, 7) is 1.46. The maximum Gasteiger partial charge on any atom is 0.264 e. The maximum absolute atomic E-state index is 13.7. The SMILES string of the molecule is COc1ccc(N(CC(=O)NN=C2CCCCCCCCCCC2)S(=O)(=O)c2ccc(C)cc2)cc1OC. The smallest absolute Gasteiger partial charge is 0.264 e. The number of rotatable bonds is 8. The third-order valence-electron chi connectivity index (χ3n) is 6.82. The molecule has 0 saturated heterocycles. The number of methoxy groups -OCH3 is 2. The van der Waals surface area contributed by atoms with Gasteiger partial charge in [0.25, 0.3) is 15.9 Å². The van der Waals surface area contributed by atoms with Crippen LogP contribution < -0.4 is 19.2 Å². The average Bonchev–Trinajstić information content (AvgIpc) is 2.91. The van der Waals surface area contributed by atoms with Crippen LogP contribution in [0.3, 0.4) is 0 Å². The van der Waals surface area contributed by atoms with Crippen molar-refractivity contribution in [1.82, 2.24) is 5.43 Å². The Bertz CT molecular complexity index is 1170. The molecule has 9 heteroatoms. The van der Waals surface area contributed by atoms with Crippen molar-refractivity contribution in [2.45, 2.75) is 82.4 Å². The molecule has 0 unspecified atom stereocenters. The van der Waals surface area contributed by atoms with E-state index in [0.717, 1.165) is 54.1 Å². The third kappa shape index (κ3) is 8.48. The molecule has 2 aromatic carbocycles. The quantitative estimate of drug-likeness (QED) is 0.413. The monoisotopic (exact) mass is 543 g/mol. The Morgan fingerprint density at radius 3 is 1.95 bits per heavy atom. The molecule has 2 aromatic rings. The van der Waals surface area contributed by atoms with Gasteiger partial charge in [-0.05, 0) is 56.9 Å². The Kier molecular flexibility index (Phi) is 11.5. The Labute approximate surface area is 227 Å². The van der Waals surface area contributed by atoms with Gasteiger partial charge in [-0.3, -0.25) is 9.10 Å². The molecule has 1 aliphatic carbocycles. The van der Waals surface area contributed by atoms with Crippen LogP contribution >= 0.6 is 0 Å². The van der Waals surface area contributed by atoms with Crippen molar-refractivity contribution in [3.63, 3.8) is 0 Å². The number of nitrogens with one attached hydrogen (secondary N) is 1. The number of carbonyl (C=O) groups is 1. The predicted octanol–water partition coefficient (Wildman–Crippen LogP) is 5.98. The van der Waals surface area contributed by atoms with E-state index in [4.69, 9.17) is 9.47 Å². The molecule has 1 saturated carbocycles. The molecule has 1 N–H and O–H groups in total. The van der Waals surface area contributed by atoms with E-state index in [9.17, 15) is 13.2 Å². The highest BCUT2D eigenvalue weighted by Gasteiger charge is 2.28. The highest BCUT2D eigenvalue weighted by atomic mass is 32.2. The lowest BCUT2D eigenvalue weighted by molar-refractivity contribution is -0.119. The summed E-state index contributed by atoms with van der Waals surface area (Å²) in [4.78, 5) is 13.2. The van der Waals surface area contributed by atoms with Gasteiger partial charge in [-0.25, -0.2) is 13.8 Å². The van der Waals surface area contributed by atoms with Crippen molar-refractivity contribution in [2.75, 3.05) is 25.1 Å². The number of hydrazone groups is 1. The van der Waals surface area contributed by atoms with Gasteiger partial charge in [0.2, 0.25) is 0 Å². The zero-order valence-corrected chi connectivity index (χ0v) is 23.7. The van der Waals surface area contributed by atoms with Gasteiger partial charge in [-0.2, -0.15) is 5.10 Å². The molecule has 0 bridgehead atoms. The lowest BCUT2D eigenvalue weighted by Gasteiger charge is -2.24. The maximum atomic E-state index is 13.7. The summed E-state index contributed by atoms with van der Waals surface area (Å²) < 4.78 is 39.1. The number of hydrogen-bond acceptors (Lipinski definition) is 6. The van der Waals surface area contributed by atoms with Crippen molar-refractivity contribution in [3.8, 4) is 11.5 Å². The predicted molar refractivity (Wildman–Crippen MR) is 152 cm³/mol. The van der Waals surface area contributed by atoms with Crippen molar-refractivity contribution >= 4 is 27.3 Å². The number of nitrogens with zero attached hydrogens (tertiary/aromatic N) is 2. The number of benzene rings is 2. The topological polar surface area (TPSA) is 97.3 Å². The van der Waals surface area contributed by atoms with Gasteiger partial charge in [-0.15, -0.1) is 0 Å². The summed E-state index contributed by atoms with van der Waals surface area (Å²) in [6, 6.07) is 11.3. The molecule has 3 rings (SSSR count). The minimum Gasteiger partial charge on any atom is -0.493 e. The van der Waals surface area contributed by atoms with E-state index in [0.29, 0.717) is 11.5 Å². The van der Waals surface area contributed by atoms with Gasteiger partial charge in [0.05, 0.1) is 24.8 Å². The normalized spacial score (nSPS) is 15.5. The van der Waals surface area contributed by atoms with Crippen molar-refractivity contribution in [3.05, 3.63) is 48.0 Å². The molecule has 0 heterocycles. The number of hydrogen-bond donors (Lipinski definition) is 1. The van der Waals surface area contributed by atoms with E-state index in [1.165, 1.54) is 46.3 Å². The Morgan fingerprint density at radius 2 is 1.39 bits per heavy atom. The summed E-state index contributed by atoms with van der Waals surface area (Å²) in [5.74, 6) is 0.319. The Balaban J connectivity index is 1.83. The van der Waals surface area contributed by atoms with Gasteiger partial charge in [0.15, 0.2) is 11.5 Å². The number of aryl methyl sites for hydroxylation is 1. The molecule has 0 aromatic heterocycles. The minimum atomic E-state index is -4.05. The number of carbonyl (C=O) groups excluding carboxylic acids is 1. The van der Waals surface area contributed by atoms with Gasteiger partial charge >= 0.3 is 0 Å². The van der Waals surface area contributed by atoms with Crippen LogP contribution in [0.2, 0.25) is 0 Å². The first-order valence-electron chi connectivity index (χ1n) is 13.5. The van der Waals surface area contributed by atoms with E-state index in [-0.39, 0.29) is 10.6 Å². The van der Waals surface area contributed by atoms with Crippen LogP contribution in [0.5, 0.6) is 11.5 Å². The first kappa shape index (κ1) is 29.5. The molecule has 0 aliphatic heterocycles. The second-order valence-electron chi connectivity index (χ2n) is 9.76. The number of ether oxygens (including phenoxy) is 2. The van der Waals surface area contributed by atoms with Gasteiger partial charge in [0.1, 0.15) is 6.54 Å². The first-order valence-corrected chi connectivity index (χ1v) is 14.9. The van der Waals surface area contributed by atoms with E-state index in [2.05, 4.69) is 10.5 Å². The second kappa shape index (κ2) is 14.8. The molecule has 1 aliphatic rings. The fourth-order valence-electron chi connectivity index (χ4n) is 4.57. The van der Waals surface area contributed by atoms with E-state index >= 15 is 0 Å². The lowest BCUT2D eigenvalue weighted by atomic mass is 10.00. The van der Waals surface area contributed by atoms with Crippen molar-refractivity contribution in [2.24, 2.45) is 5.10 Å². The number of amides is 1. The van der Waals surface area contributed by atoms with Crippen LogP contribution in [-0.4, -0.2) is 40.8 Å². The first-order chi connectivity index (χ1) is 18.3. The molecule has 0 atom stereocenters. The zero-order chi connectivity index (χ0) is 27.4. The number of sulfonamides is 1.